The first-order valence-electron chi connectivity index (χ1n) is 5.26. The summed E-state index contributed by atoms with van der Waals surface area (Å²) in [7, 11) is 4.14. The van der Waals surface area contributed by atoms with Crippen molar-refractivity contribution in [1.82, 2.24) is 14.9 Å². The monoisotopic (exact) mass is 236 g/mol. The molecular weight excluding hydrogens is 220 g/mol. The van der Waals surface area contributed by atoms with E-state index in [2.05, 4.69) is 47.3 Å². The summed E-state index contributed by atoms with van der Waals surface area (Å²) in [6.45, 7) is 3.13. The van der Waals surface area contributed by atoms with Crippen molar-refractivity contribution in [2.75, 3.05) is 26.0 Å². The van der Waals surface area contributed by atoms with Gasteiger partial charge in [0.2, 0.25) is 0 Å². The molecule has 0 fully saturated rings. The molecular formula is C11H16N4S. The van der Waals surface area contributed by atoms with Gasteiger partial charge in [-0.15, -0.1) is 11.3 Å². The predicted molar refractivity (Wildman–Crippen MR) is 69.1 cm³/mol. The van der Waals surface area contributed by atoms with Crippen LogP contribution in [0.4, 0.5) is 5.82 Å². The zero-order valence-corrected chi connectivity index (χ0v) is 10.6. The Morgan fingerprint density at radius 1 is 1.44 bits per heavy atom. The summed E-state index contributed by atoms with van der Waals surface area (Å²) in [6, 6.07) is 2.43. The molecule has 0 aliphatic heterocycles. The van der Waals surface area contributed by atoms with E-state index < -0.39 is 0 Å². The molecule has 0 amide bonds. The van der Waals surface area contributed by atoms with Crippen LogP contribution in [0, 0.1) is 0 Å². The quantitative estimate of drug-likeness (QED) is 0.882. The number of fused-ring (bicyclic) bond motifs is 1. The predicted octanol–water partition coefficient (Wildman–Crippen LogP) is 2.05. The molecule has 0 saturated heterocycles. The third kappa shape index (κ3) is 2.48. The molecule has 1 N–H and O–H groups in total. The van der Waals surface area contributed by atoms with E-state index in [1.165, 1.54) is 0 Å². The van der Waals surface area contributed by atoms with Gasteiger partial charge in [-0.1, -0.05) is 0 Å². The minimum atomic E-state index is 0.369. The zero-order valence-electron chi connectivity index (χ0n) is 9.77. The highest BCUT2D eigenvalue weighted by atomic mass is 32.1. The molecule has 0 saturated carbocycles. The number of thiophene rings is 1. The standard InChI is InChI=1S/C11H16N4S/c1-8(6-15(2)3)14-10-9-4-5-16-11(9)13-7-12-10/h4-5,7-8H,6H2,1-3H3,(H,12,13,14). The van der Waals surface area contributed by atoms with Gasteiger partial charge in [0.25, 0.3) is 0 Å². The van der Waals surface area contributed by atoms with Crippen LogP contribution in [0.15, 0.2) is 17.8 Å². The lowest BCUT2D eigenvalue weighted by Crippen LogP contribution is -2.30. The number of aromatic nitrogens is 2. The minimum Gasteiger partial charge on any atom is -0.366 e. The summed E-state index contributed by atoms with van der Waals surface area (Å²) >= 11 is 1.64. The first-order chi connectivity index (χ1) is 7.66. The van der Waals surface area contributed by atoms with Gasteiger partial charge in [-0.3, -0.25) is 0 Å². The smallest absolute Gasteiger partial charge is 0.138 e. The maximum atomic E-state index is 4.29. The summed E-state index contributed by atoms with van der Waals surface area (Å²) in [6.07, 6.45) is 1.61. The van der Waals surface area contributed by atoms with Crippen LogP contribution in [0.25, 0.3) is 10.2 Å². The van der Waals surface area contributed by atoms with E-state index in [0.717, 1.165) is 22.6 Å². The van der Waals surface area contributed by atoms with Crippen LogP contribution in [-0.4, -0.2) is 41.5 Å². The third-order valence-corrected chi connectivity index (χ3v) is 3.10. The van der Waals surface area contributed by atoms with Crippen molar-refractivity contribution in [2.45, 2.75) is 13.0 Å². The summed E-state index contributed by atoms with van der Waals surface area (Å²) in [5.74, 6) is 0.931. The van der Waals surface area contributed by atoms with Gasteiger partial charge in [0.05, 0.1) is 5.39 Å². The lowest BCUT2D eigenvalue weighted by molar-refractivity contribution is 0.392. The Kier molecular flexibility index (Phi) is 3.36. The van der Waals surface area contributed by atoms with Gasteiger partial charge in [0, 0.05) is 12.6 Å². The molecule has 2 aromatic heterocycles. The van der Waals surface area contributed by atoms with E-state index in [0.29, 0.717) is 6.04 Å². The van der Waals surface area contributed by atoms with Gasteiger partial charge in [0.15, 0.2) is 0 Å². The van der Waals surface area contributed by atoms with Crippen molar-refractivity contribution in [3.05, 3.63) is 17.8 Å². The molecule has 4 nitrogen and oxygen atoms in total. The number of nitrogens with one attached hydrogen (secondary N) is 1. The second kappa shape index (κ2) is 4.76. The summed E-state index contributed by atoms with van der Waals surface area (Å²) in [5, 5.41) is 6.57. The van der Waals surface area contributed by atoms with Gasteiger partial charge >= 0.3 is 0 Å². The van der Waals surface area contributed by atoms with Crippen LogP contribution in [-0.2, 0) is 0 Å². The van der Waals surface area contributed by atoms with E-state index in [4.69, 9.17) is 0 Å². The van der Waals surface area contributed by atoms with Gasteiger partial charge in [0.1, 0.15) is 17.0 Å². The van der Waals surface area contributed by atoms with Crippen LogP contribution in [0.3, 0.4) is 0 Å². The number of nitrogens with zero attached hydrogens (tertiary/aromatic N) is 3. The van der Waals surface area contributed by atoms with Gasteiger partial charge in [-0.05, 0) is 32.5 Å². The van der Waals surface area contributed by atoms with Gasteiger partial charge < -0.3 is 10.2 Å². The maximum Gasteiger partial charge on any atom is 0.138 e. The first kappa shape index (κ1) is 11.3. The molecule has 0 aliphatic rings. The number of hydrogen-bond acceptors (Lipinski definition) is 5. The Hall–Kier alpha value is -1.20. The maximum absolute atomic E-state index is 4.29. The van der Waals surface area contributed by atoms with Crippen molar-refractivity contribution in [3.8, 4) is 0 Å². The molecule has 2 rings (SSSR count). The van der Waals surface area contributed by atoms with Crippen LogP contribution < -0.4 is 5.32 Å². The van der Waals surface area contributed by atoms with Crippen LogP contribution in [0.2, 0.25) is 0 Å². The highest BCUT2D eigenvalue weighted by Crippen LogP contribution is 2.23. The molecule has 0 aliphatic carbocycles. The minimum absolute atomic E-state index is 0.369. The van der Waals surface area contributed by atoms with Crippen LogP contribution in [0.5, 0.6) is 0 Å². The van der Waals surface area contributed by atoms with Crippen molar-refractivity contribution in [1.29, 1.82) is 0 Å². The summed E-state index contributed by atoms with van der Waals surface area (Å²) < 4.78 is 0. The summed E-state index contributed by atoms with van der Waals surface area (Å²) in [5.41, 5.74) is 0. The average molecular weight is 236 g/mol. The Bertz CT molecular complexity index is 466. The number of rotatable bonds is 4. The van der Waals surface area contributed by atoms with Crippen LogP contribution >= 0.6 is 11.3 Å². The average Bonchev–Trinajstić information content (AvgIpc) is 2.65. The fourth-order valence-electron chi connectivity index (χ4n) is 1.73. The van der Waals surface area contributed by atoms with Crippen LogP contribution in [0.1, 0.15) is 6.92 Å². The van der Waals surface area contributed by atoms with E-state index in [1.807, 2.05) is 5.38 Å². The molecule has 16 heavy (non-hydrogen) atoms. The highest BCUT2D eigenvalue weighted by molar-refractivity contribution is 7.16. The van der Waals surface area contributed by atoms with Gasteiger partial charge in [-0.2, -0.15) is 0 Å². The Labute approximate surface area is 99.3 Å². The fourth-order valence-corrected chi connectivity index (χ4v) is 2.46. The van der Waals surface area contributed by atoms with E-state index >= 15 is 0 Å². The molecule has 1 unspecified atom stereocenters. The second-order valence-corrected chi connectivity index (χ2v) is 5.06. The topological polar surface area (TPSA) is 41.0 Å². The first-order valence-corrected chi connectivity index (χ1v) is 6.14. The molecule has 86 valence electrons. The number of hydrogen-bond donors (Lipinski definition) is 1. The summed E-state index contributed by atoms with van der Waals surface area (Å²) in [4.78, 5) is 11.7. The Morgan fingerprint density at radius 2 is 2.25 bits per heavy atom. The molecule has 0 radical (unpaired) electrons. The van der Waals surface area contributed by atoms with Crippen molar-refractivity contribution < 1.29 is 0 Å². The molecule has 0 aromatic carbocycles. The largest absolute Gasteiger partial charge is 0.366 e. The molecule has 1 atom stereocenters. The van der Waals surface area contributed by atoms with E-state index in [9.17, 15) is 0 Å². The Balaban J connectivity index is 2.17. The molecule has 5 heteroatoms. The number of likely N-dealkylation sites (N-methyl/N-ethyl adjacent to an activating group) is 1. The van der Waals surface area contributed by atoms with Crippen molar-refractivity contribution >= 4 is 27.4 Å². The zero-order chi connectivity index (χ0) is 11.5. The lowest BCUT2D eigenvalue weighted by Gasteiger charge is -2.18. The van der Waals surface area contributed by atoms with E-state index in [1.54, 1.807) is 17.7 Å². The molecule has 0 spiro atoms. The molecule has 2 aromatic rings. The van der Waals surface area contributed by atoms with Gasteiger partial charge in [-0.25, -0.2) is 9.97 Å². The Morgan fingerprint density at radius 3 is 3.00 bits per heavy atom. The van der Waals surface area contributed by atoms with Crippen molar-refractivity contribution in [2.24, 2.45) is 0 Å². The fraction of sp³-hybridized carbons (Fsp3) is 0.455. The second-order valence-electron chi connectivity index (χ2n) is 4.17. The number of anilines is 1. The molecule has 2 heterocycles. The highest BCUT2D eigenvalue weighted by Gasteiger charge is 2.08. The third-order valence-electron chi connectivity index (χ3n) is 2.28. The van der Waals surface area contributed by atoms with Crippen molar-refractivity contribution in [3.63, 3.8) is 0 Å². The normalized spacial score (nSPS) is 13.2. The SMILES string of the molecule is CC(CN(C)C)Nc1ncnc2sccc12. The van der Waals surface area contributed by atoms with E-state index in [-0.39, 0.29) is 0 Å². The molecule has 0 bridgehead atoms. The lowest BCUT2D eigenvalue weighted by atomic mass is 10.3.